The highest BCUT2D eigenvalue weighted by molar-refractivity contribution is 5.95. The van der Waals surface area contributed by atoms with Crippen LogP contribution in [0.4, 0.5) is 13.2 Å². The van der Waals surface area contributed by atoms with E-state index in [2.05, 4.69) is 9.97 Å². The van der Waals surface area contributed by atoms with Gasteiger partial charge in [0.25, 0.3) is 5.91 Å². The predicted molar refractivity (Wildman–Crippen MR) is 87.4 cm³/mol. The SMILES string of the molecule is O=C(NC(F)(F)F)c1cccc(-c2ccccc2)c1.c1cncnc1. The molecule has 0 radical (unpaired) electrons. The fourth-order valence-corrected chi connectivity index (χ4v) is 1.92. The Morgan fingerprint density at radius 1 is 0.840 bits per heavy atom. The lowest BCUT2D eigenvalue weighted by molar-refractivity contribution is -0.146. The van der Waals surface area contributed by atoms with Crippen molar-refractivity contribution in [3.8, 4) is 11.1 Å². The second-order valence-electron chi connectivity index (χ2n) is 4.80. The van der Waals surface area contributed by atoms with Gasteiger partial charge in [-0.2, -0.15) is 13.2 Å². The molecule has 2 aromatic carbocycles. The van der Waals surface area contributed by atoms with Crippen molar-refractivity contribution in [3.05, 3.63) is 84.9 Å². The van der Waals surface area contributed by atoms with E-state index in [1.165, 1.54) is 18.5 Å². The Morgan fingerprint density at radius 2 is 1.48 bits per heavy atom. The maximum Gasteiger partial charge on any atom is 0.484 e. The van der Waals surface area contributed by atoms with Crippen LogP contribution in [0, 0.1) is 0 Å². The first-order valence-corrected chi connectivity index (χ1v) is 7.20. The third-order valence-electron chi connectivity index (χ3n) is 2.96. The van der Waals surface area contributed by atoms with Crippen molar-refractivity contribution in [2.24, 2.45) is 0 Å². The molecule has 3 aromatic rings. The van der Waals surface area contributed by atoms with Crippen molar-refractivity contribution in [2.75, 3.05) is 0 Å². The summed E-state index contributed by atoms with van der Waals surface area (Å²) in [6.45, 7) is 0. The summed E-state index contributed by atoms with van der Waals surface area (Å²) in [6.07, 6.45) is 0.153. The van der Waals surface area contributed by atoms with E-state index in [0.717, 1.165) is 10.9 Å². The molecule has 4 nitrogen and oxygen atoms in total. The van der Waals surface area contributed by atoms with E-state index in [9.17, 15) is 18.0 Å². The number of nitrogens with zero attached hydrogens (tertiary/aromatic N) is 2. The van der Waals surface area contributed by atoms with E-state index in [1.54, 1.807) is 30.6 Å². The molecule has 128 valence electrons. The number of halogens is 3. The highest BCUT2D eigenvalue weighted by Crippen LogP contribution is 2.20. The molecule has 1 N–H and O–H groups in total. The second-order valence-corrected chi connectivity index (χ2v) is 4.80. The van der Waals surface area contributed by atoms with Crippen LogP contribution in [0.5, 0.6) is 0 Å². The first-order valence-electron chi connectivity index (χ1n) is 7.20. The van der Waals surface area contributed by atoms with Crippen LogP contribution < -0.4 is 5.32 Å². The van der Waals surface area contributed by atoms with Crippen LogP contribution in [0.25, 0.3) is 11.1 Å². The molecule has 0 unspecified atom stereocenters. The molecule has 7 heteroatoms. The van der Waals surface area contributed by atoms with Gasteiger partial charge in [-0.25, -0.2) is 9.97 Å². The van der Waals surface area contributed by atoms with Crippen LogP contribution >= 0.6 is 0 Å². The average molecular weight is 345 g/mol. The molecular formula is C18H14F3N3O. The Bertz CT molecular complexity index is 767. The Kier molecular flexibility index (Phi) is 6.22. The van der Waals surface area contributed by atoms with Crippen molar-refractivity contribution in [1.82, 2.24) is 15.3 Å². The van der Waals surface area contributed by atoms with E-state index >= 15 is 0 Å². The standard InChI is InChI=1S/C14H10F3NO.C4H4N2/c15-14(16,17)18-13(19)12-8-4-7-11(9-12)10-5-2-1-3-6-10;1-2-5-4-6-3-1/h1-9H,(H,18,19);1-4H. The molecule has 0 atom stereocenters. The maximum absolute atomic E-state index is 12.1. The molecule has 1 amide bonds. The molecule has 0 saturated heterocycles. The Morgan fingerprint density at radius 3 is 2.00 bits per heavy atom. The summed E-state index contributed by atoms with van der Waals surface area (Å²) >= 11 is 0. The third-order valence-corrected chi connectivity index (χ3v) is 2.96. The smallest absolute Gasteiger partial charge is 0.269 e. The summed E-state index contributed by atoms with van der Waals surface area (Å²) in [5, 5.41) is 0.975. The summed E-state index contributed by atoms with van der Waals surface area (Å²) in [6, 6.07) is 16.9. The van der Waals surface area contributed by atoms with E-state index in [4.69, 9.17) is 0 Å². The molecule has 0 aliphatic rings. The van der Waals surface area contributed by atoms with Crippen LogP contribution in [0.15, 0.2) is 79.4 Å². The molecule has 0 spiro atoms. The van der Waals surface area contributed by atoms with Crippen molar-refractivity contribution in [3.63, 3.8) is 0 Å². The lowest BCUT2D eigenvalue weighted by Crippen LogP contribution is -2.37. The Labute approximate surface area is 142 Å². The molecule has 25 heavy (non-hydrogen) atoms. The van der Waals surface area contributed by atoms with Gasteiger partial charge in [-0.15, -0.1) is 0 Å². The van der Waals surface area contributed by atoms with Gasteiger partial charge in [0.1, 0.15) is 6.33 Å². The monoisotopic (exact) mass is 345 g/mol. The molecule has 3 rings (SSSR count). The van der Waals surface area contributed by atoms with E-state index < -0.39 is 12.2 Å². The minimum Gasteiger partial charge on any atom is -0.269 e. The fraction of sp³-hybridized carbons (Fsp3) is 0.0556. The molecule has 1 aromatic heterocycles. The molecule has 0 aliphatic carbocycles. The summed E-state index contributed by atoms with van der Waals surface area (Å²) in [5.41, 5.74) is 1.50. The summed E-state index contributed by atoms with van der Waals surface area (Å²) in [4.78, 5) is 18.8. The largest absolute Gasteiger partial charge is 0.484 e. The number of aromatic nitrogens is 2. The van der Waals surface area contributed by atoms with Gasteiger partial charge in [0.15, 0.2) is 0 Å². The van der Waals surface area contributed by atoms with Gasteiger partial charge < -0.3 is 0 Å². The minimum atomic E-state index is -4.72. The number of rotatable bonds is 2. The van der Waals surface area contributed by atoms with Crippen LogP contribution in [0.3, 0.4) is 0 Å². The van der Waals surface area contributed by atoms with Crippen LogP contribution in [-0.4, -0.2) is 22.2 Å². The van der Waals surface area contributed by atoms with Gasteiger partial charge in [0, 0.05) is 18.0 Å². The summed E-state index contributed by atoms with van der Waals surface area (Å²) in [5.74, 6) is -1.16. The maximum atomic E-state index is 12.1. The van der Waals surface area contributed by atoms with E-state index in [1.807, 2.05) is 30.3 Å². The van der Waals surface area contributed by atoms with Gasteiger partial charge in [-0.05, 0) is 29.3 Å². The van der Waals surface area contributed by atoms with Gasteiger partial charge in [-0.3, -0.25) is 10.1 Å². The molecule has 1 heterocycles. The first kappa shape index (κ1) is 18.1. The van der Waals surface area contributed by atoms with Gasteiger partial charge in [0.2, 0.25) is 0 Å². The first-order chi connectivity index (χ1) is 12.0. The Balaban J connectivity index is 0.000000316. The van der Waals surface area contributed by atoms with Crippen molar-refractivity contribution >= 4 is 5.91 Å². The quantitative estimate of drug-likeness (QED) is 0.712. The van der Waals surface area contributed by atoms with E-state index in [-0.39, 0.29) is 5.56 Å². The third kappa shape index (κ3) is 6.42. The number of hydrogen-bond acceptors (Lipinski definition) is 3. The molecular weight excluding hydrogens is 331 g/mol. The number of nitrogens with one attached hydrogen (secondary N) is 1. The number of hydrogen-bond donors (Lipinski definition) is 1. The zero-order chi connectivity index (χ0) is 18.1. The van der Waals surface area contributed by atoms with Crippen LogP contribution in [-0.2, 0) is 0 Å². The predicted octanol–water partition coefficient (Wildman–Crippen LogP) is 4.08. The van der Waals surface area contributed by atoms with Crippen LogP contribution in [0.1, 0.15) is 10.4 Å². The topological polar surface area (TPSA) is 54.9 Å². The number of carbonyl (C=O) groups is 1. The average Bonchev–Trinajstić information content (AvgIpc) is 2.63. The van der Waals surface area contributed by atoms with Crippen LogP contribution in [0.2, 0.25) is 0 Å². The second kappa shape index (κ2) is 8.58. The summed E-state index contributed by atoms with van der Waals surface area (Å²) < 4.78 is 36.2. The van der Waals surface area contributed by atoms with Crippen molar-refractivity contribution < 1.29 is 18.0 Å². The molecule has 0 bridgehead atoms. The number of benzene rings is 2. The zero-order valence-corrected chi connectivity index (χ0v) is 12.9. The van der Waals surface area contributed by atoms with Crippen molar-refractivity contribution in [2.45, 2.75) is 6.30 Å². The Hall–Kier alpha value is -3.22. The number of alkyl halides is 3. The number of amides is 1. The zero-order valence-electron chi connectivity index (χ0n) is 12.9. The normalized spacial score (nSPS) is 10.4. The lowest BCUT2D eigenvalue weighted by Gasteiger charge is -2.09. The molecule has 0 aliphatic heterocycles. The van der Waals surface area contributed by atoms with Gasteiger partial charge in [0.05, 0.1) is 0 Å². The number of carbonyl (C=O) groups excluding carboxylic acids is 1. The van der Waals surface area contributed by atoms with Crippen molar-refractivity contribution in [1.29, 1.82) is 0 Å². The minimum absolute atomic E-state index is 0.0290. The molecule has 0 fully saturated rings. The fourth-order valence-electron chi connectivity index (χ4n) is 1.92. The van der Waals surface area contributed by atoms with Gasteiger partial charge >= 0.3 is 6.30 Å². The summed E-state index contributed by atoms with van der Waals surface area (Å²) in [7, 11) is 0. The highest BCUT2D eigenvalue weighted by atomic mass is 19.4. The molecule has 0 saturated carbocycles. The van der Waals surface area contributed by atoms with Gasteiger partial charge in [-0.1, -0.05) is 42.5 Å². The lowest BCUT2D eigenvalue weighted by atomic mass is 10.0. The van der Waals surface area contributed by atoms with E-state index in [0.29, 0.717) is 5.56 Å². The highest BCUT2D eigenvalue weighted by Gasteiger charge is 2.30.